The van der Waals surface area contributed by atoms with Crippen molar-refractivity contribution in [3.8, 4) is 0 Å². The number of hydrogen-bond acceptors (Lipinski definition) is 0. The van der Waals surface area contributed by atoms with Crippen LogP contribution in [0.25, 0.3) is 0 Å². The fourth-order valence-corrected chi connectivity index (χ4v) is 1.26. The predicted molar refractivity (Wildman–Crippen MR) is 57.4 cm³/mol. The summed E-state index contributed by atoms with van der Waals surface area (Å²) in [6.45, 7) is 8.95. The van der Waals surface area contributed by atoms with Gasteiger partial charge >= 0.3 is 0 Å². The Morgan fingerprint density at radius 2 is 1.75 bits per heavy atom. The molecule has 0 heteroatoms. The zero-order valence-corrected chi connectivity index (χ0v) is 9.19. The Morgan fingerprint density at radius 3 is 2.25 bits per heavy atom. The first-order valence-electron chi connectivity index (χ1n) is 5.26. The van der Waals surface area contributed by atoms with Gasteiger partial charge in [-0.05, 0) is 32.6 Å². The maximum Gasteiger partial charge on any atom is -0.0348 e. The van der Waals surface area contributed by atoms with Crippen LogP contribution in [0.4, 0.5) is 0 Å². The van der Waals surface area contributed by atoms with Crippen LogP contribution in [0.15, 0.2) is 11.6 Å². The number of allylic oxidation sites excluding steroid dienone is 2. The van der Waals surface area contributed by atoms with Crippen LogP contribution in [-0.4, -0.2) is 0 Å². The van der Waals surface area contributed by atoms with Gasteiger partial charge in [0.15, 0.2) is 0 Å². The Hall–Kier alpha value is -0.260. The fourth-order valence-electron chi connectivity index (χ4n) is 1.26. The van der Waals surface area contributed by atoms with Crippen LogP contribution in [0.3, 0.4) is 0 Å². The molecule has 0 saturated heterocycles. The van der Waals surface area contributed by atoms with Gasteiger partial charge in [-0.1, -0.05) is 44.8 Å². The van der Waals surface area contributed by atoms with E-state index in [1.54, 1.807) is 0 Å². The lowest BCUT2D eigenvalue weighted by atomic mass is 10.0. The summed E-state index contributed by atoms with van der Waals surface area (Å²) >= 11 is 0. The minimum atomic E-state index is 0.883. The maximum atomic E-state index is 2.34. The third-order valence-electron chi connectivity index (χ3n) is 2.04. The van der Waals surface area contributed by atoms with Gasteiger partial charge in [-0.25, -0.2) is 0 Å². The third-order valence-corrected chi connectivity index (χ3v) is 2.04. The zero-order valence-electron chi connectivity index (χ0n) is 9.19. The van der Waals surface area contributed by atoms with E-state index in [9.17, 15) is 0 Å². The lowest BCUT2D eigenvalue weighted by Crippen LogP contribution is -1.86. The molecule has 0 heterocycles. The molecule has 0 aliphatic rings. The third kappa shape index (κ3) is 9.74. The first-order valence-corrected chi connectivity index (χ1v) is 5.26. The van der Waals surface area contributed by atoms with E-state index in [2.05, 4.69) is 33.8 Å². The SMILES string of the molecule is CC(C)=CCCCCCC(C)C. The quantitative estimate of drug-likeness (QED) is 0.403. The Morgan fingerprint density at radius 1 is 1.08 bits per heavy atom. The average molecular weight is 168 g/mol. The molecule has 0 fully saturated rings. The largest absolute Gasteiger partial charge is 0.0859 e. The molecule has 0 radical (unpaired) electrons. The van der Waals surface area contributed by atoms with Gasteiger partial charge < -0.3 is 0 Å². The van der Waals surface area contributed by atoms with Gasteiger partial charge in [0.25, 0.3) is 0 Å². The summed E-state index contributed by atoms with van der Waals surface area (Å²) in [4.78, 5) is 0. The van der Waals surface area contributed by atoms with Crippen molar-refractivity contribution in [2.75, 3.05) is 0 Å². The van der Waals surface area contributed by atoms with Gasteiger partial charge in [-0.15, -0.1) is 0 Å². The summed E-state index contributed by atoms with van der Waals surface area (Å²) in [7, 11) is 0. The molecular weight excluding hydrogens is 144 g/mol. The minimum Gasteiger partial charge on any atom is -0.0859 e. The Kier molecular flexibility index (Phi) is 7.23. The van der Waals surface area contributed by atoms with Crippen LogP contribution in [0.2, 0.25) is 0 Å². The van der Waals surface area contributed by atoms with Gasteiger partial charge in [0.2, 0.25) is 0 Å². The number of hydrogen-bond donors (Lipinski definition) is 0. The van der Waals surface area contributed by atoms with E-state index < -0.39 is 0 Å². The molecule has 0 N–H and O–H groups in total. The molecule has 12 heavy (non-hydrogen) atoms. The van der Waals surface area contributed by atoms with Crippen molar-refractivity contribution in [3.05, 3.63) is 11.6 Å². The summed E-state index contributed by atoms with van der Waals surface area (Å²) in [5.41, 5.74) is 1.46. The number of unbranched alkanes of at least 4 members (excludes halogenated alkanes) is 3. The molecule has 0 aromatic rings. The van der Waals surface area contributed by atoms with E-state index in [1.165, 1.54) is 37.7 Å². The smallest absolute Gasteiger partial charge is 0.0348 e. The normalized spacial score (nSPS) is 10.4. The van der Waals surface area contributed by atoms with Gasteiger partial charge in [0, 0.05) is 0 Å². The van der Waals surface area contributed by atoms with E-state index in [4.69, 9.17) is 0 Å². The molecule has 0 atom stereocenters. The van der Waals surface area contributed by atoms with Crippen molar-refractivity contribution in [1.82, 2.24) is 0 Å². The first kappa shape index (κ1) is 11.7. The highest BCUT2D eigenvalue weighted by Gasteiger charge is 1.92. The van der Waals surface area contributed by atoms with Crippen molar-refractivity contribution < 1.29 is 0 Å². The summed E-state index contributed by atoms with van der Waals surface area (Å²) in [5.74, 6) is 0.883. The molecule has 0 aliphatic heterocycles. The van der Waals surface area contributed by atoms with Crippen LogP contribution >= 0.6 is 0 Å². The summed E-state index contributed by atoms with van der Waals surface area (Å²) in [5, 5.41) is 0. The Balaban J connectivity index is 3.06. The van der Waals surface area contributed by atoms with Crippen molar-refractivity contribution in [3.63, 3.8) is 0 Å². The highest BCUT2D eigenvalue weighted by atomic mass is 14.0. The monoisotopic (exact) mass is 168 g/mol. The molecule has 0 saturated carbocycles. The number of rotatable bonds is 6. The van der Waals surface area contributed by atoms with Crippen LogP contribution < -0.4 is 0 Å². The Labute approximate surface area is 78.1 Å². The summed E-state index contributed by atoms with van der Waals surface area (Å²) in [6.07, 6.45) is 9.21. The topological polar surface area (TPSA) is 0 Å². The first-order chi connectivity index (χ1) is 5.63. The second kappa shape index (κ2) is 7.39. The van der Waals surface area contributed by atoms with Crippen LogP contribution in [0, 0.1) is 5.92 Å². The standard InChI is InChI=1S/C12H24/c1-11(2)9-7-5-6-8-10-12(3)4/h9,12H,5-8,10H2,1-4H3. The van der Waals surface area contributed by atoms with Gasteiger partial charge in [-0.3, -0.25) is 0 Å². The molecule has 0 amide bonds. The van der Waals surface area contributed by atoms with Crippen LogP contribution in [0.1, 0.15) is 59.8 Å². The second-order valence-electron chi connectivity index (χ2n) is 4.31. The maximum absolute atomic E-state index is 2.34. The molecule has 0 spiro atoms. The molecule has 0 rings (SSSR count). The van der Waals surface area contributed by atoms with E-state index in [0.29, 0.717) is 0 Å². The second-order valence-corrected chi connectivity index (χ2v) is 4.31. The highest BCUT2D eigenvalue weighted by molar-refractivity contribution is 4.92. The van der Waals surface area contributed by atoms with Crippen molar-refractivity contribution in [2.24, 2.45) is 5.92 Å². The lowest BCUT2D eigenvalue weighted by molar-refractivity contribution is 0.528. The van der Waals surface area contributed by atoms with Gasteiger partial charge in [0.05, 0.1) is 0 Å². The van der Waals surface area contributed by atoms with Gasteiger partial charge in [0.1, 0.15) is 0 Å². The predicted octanol–water partition coefficient (Wildman–Crippen LogP) is 4.56. The fraction of sp³-hybridized carbons (Fsp3) is 0.833. The molecule has 0 unspecified atom stereocenters. The molecule has 0 nitrogen and oxygen atoms in total. The van der Waals surface area contributed by atoms with Crippen molar-refractivity contribution in [1.29, 1.82) is 0 Å². The van der Waals surface area contributed by atoms with Crippen molar-refractivity contribution >= 4 is 0 Å². The molecule has 0 bridgehead atoms. The minimum absolute atomic E-state index is 0.883. The lowest BCUT2D eigenvalue weighted by Gasteiger charge is -2.02. The zero-order chi connectivity index (χ0) is 9.40. The van der Waals surface area contributed by atoms with Crippen molar-refractivity contribution in [2.45, 2.75) is 59.8 Å². The molecule has 72 valence electrons. The average Bonchev–Trinajstić information content (AvgIpc) is 1.95. The molecule has 0 aromatic carbocycles. The molecule has 0 aliphatic carbocycles. The molecule has 0 aromatic heterocycles. The summed E-state index contributed by atoms with van der Waals surface area (Å²) < 4.78 is 0. The van der Waals surface area contributed by atoms with E-state index in [-0.39, 0.29) is 0 Å². The van der Waals surface area contributed by atoms with Crippen LogP contribution in [0.5, 0.6) is 0 Å². The van der Waals surface area contributed by atoms with Gasteiger partial charge in [-0.2, -0.15) is 0 Å². The van der Waals surface area contributed by atoms with E-state index >= 15 is 0 Å². The van der Waals surface area contributed by atoms with E-state index in [0.717, 1.165) is 5.92 Å². The Bertz CT molecular complexity index is 116. The highest BCUT2D eigenvalue weighted by Crippen LogP contribution is 2.10. The van der Waals surface area contributed by atoms with E-state index in [1.807, 2.05) is 0 Å². The molecular formula is C12H24. The summed E-state index contributed by atoms with van der Waals surface area (Å²) in [6, 6.07) is 0. The van der Waals surface area contributed by atoms with Crippen LogP contribution in [-0.2, 0) is 0 Å².